The highest BCUT2D eigenvalue weighted by atomic mass is 79.9. The lowest BCUT2D eigenvalue weighted by atomic mass is 10.1. The number of halogens is 2. The molecule has 0 saturated heterocycles. The summed E-state index contributed by atoms with van der Waals surface area (Å²) in [6, 6.07) is 5.21. The van der Waals surface area contributed by atoms with Crippen LogP contribution in [0.3, 0.4) is 0 Å². The third-order valence-electron chi connectivity index (χ3n) is 1.65. The standard InChI is InChI=1S/C9H10BrNO2.ClH/c1-13-9-4-6(10)2-3-7(9)8(12)5-11;/h2-4H,5,11H2,1H3;1H. The van der Waals surface area contributed by atoms with Crippen molar-refractivity contribution < 1.29 is 9.53 Å². The Kier molecular flexibility index (Phi) is 5.76. The van der Waals surface area contributed by atoms with Gasteiger partial charge in [0, 0.05) is 4.47 Å². The number of hydrogen-bond donors (Lipinski definition) is 1. The average molecular weight is 281 g/mol. The lowest BCUT2D eigenvalue weighted by molar-refractivity contribution is 0.0998. The van der Waals surface area contributed by atoms with E-state index in [1.165, 1.54) is 7.11 Å². The summed E-state index contributed by atoms with van der Waals surface area (Å²) in [7, 11) is 1.52. The van der Waals surface area contributed by atoms with Gasteiger partial charge in [-0.05, 0) is 18.2 Å². The number of methoxy groups -OCH3 is 1. The molecule has 2 N–H and O–H groups in total. The molecule has 0 amide bonds. The first-order chi connectivity index (χ1) is 6.19. The average Bonchev–Trinajstić information content (AvgIpc) is 2.16. The Hall–Kier alpha value is -0.580. The second-order valence-corrected chi connectivity index (χ2v) is 3.39. The van der Waals surface area contributed by atoms with E-state index in [4.69, 9.17) is 10.5 Å². The van der Waals surface area contributed by atoms with E-state index in [0.717, 1.165) is 4.47 Å². The van der Waals surface area contributed by atoms with E-state index < -0.39 is 0 Å². The molecule has 0 fully saturated rings. The van der Waals surface area contributed by atoms with Crippen molar-refractivity contribution in [2.75, 3.05) is 13.7 Å². The monoisotopic (exact) mass is 279 g/mol. The SMILES string of the molecule is COc1cc(Br)ccc1C(=O)CN.Cl. The van der Waals surface area contributed by atoms with Gasteiger partial charge in [-0.25, -0.2) is 0 Å². The zero-order valence-corrected chi connectivity index (χ0v) is 10.0. The van der Waals surface area contributed by atoms with E-state index in [1.54, 1.807) is 18.2 Å². The van der Waals surface area contributed by atoms with Gasteiger partial charge in [0.15, 0.2) is 5.78 Å². The fraction of sp³-hybridized carbons (Fsp3) is 0.222. The highest BCUT2D eigenvalue weighted by Gasteiger charge is 2.09. The van der Waals surface area contributed by atoms with Crippen molar-refractivity contribution in [2.24, 2.45) is 5.73 Å². The Morgan fingerprint density at radius 1 is 1.57 bits per heavy atom. The minimum atomic E-state index is -0.121. The van der Waals surface area contributed by atoms with Crippen LogP contribution < -0.4 is 10.5 Å². The lowest BCUT2D eigenvalue weighted by Crippen LogP contribution is -2.14. The maximum atomic E-state index is 11.3. The second kappa shape index (κ2) is 6.01. The molecule has 5 heteroatoms. The third kappa shape index (κ3) is 2.97. The first-order valence-corrected chi connectivity index (χ1v) is 4.55. The Morgan fingerprint density at radius 3 is 2.71 bits per heavy atom. The van der Waals surface area contributed by atoms with Crippen LogP contribution in [0.15, 0.2) is 22.7 Å². The molecule has 0 aliphatic carbocycles. The second-order valence-electron chi connectivity index (χ2n) is 2.47. The van der Waals surface area contributed by atoms with Crippen molar-refractivity contribution in [1.29, 1.82) is 0 Å². The summed E-state index contributed by atoms with van der Waals surface area (Å²) in [5.41, 5.74) is 5.77. The number of nitrogens with two attached hydrogens (primary N) is 1. The molecule has 0 heterocycles. The van der Waals surface area contributed by atoms with Crippen molar-refractivity contribution >= 4 is 34.1 Å². The van der Waals surface area contributed by atoms with Crippen LogP contribution in [0.25, 0.3) is 0 Å². The molecule has 0 bridgehead atoms. The number of Topliss-reactive ketones (excluding diaryl/α,β-unsaturated/α-hetero) is 1. The van der Waals surface area contributed by atoms with Gasteiger partial charge in [-0.1, -0.05) is 15.9 Å². The first kappa shape index (κ1) is 13.4. The summed E-state index contributed by atoms with van der Waals surface area (Å²) in [6.45, 7) is -0.00199. The minimum absolute atomic E-state index is 0. The van der Waals surface area contributed by atoms with Crippen LogP contribution in [0, 0.1) is 0 Å². The van der Waals surface area contributed by atoms with E-state index in [2.05, 4.69) is 15.9 Å². The molecule has 0 spiro atoms. The number of hydrogen-bond acceptors (Lipinski definition) is 3. The fourth-order valence-electron chi connectivity index (χ4n) is 1.01. The van der Waals surface area contributed by atoms with E-state index in [-0.39, 0.29) is 24.7 Å². The number of rotatable bonds is 3. The molecule has 1 aromatic rings. The van der Waals surface area contributed by atoms with Gasteiger partial charge >= 0.3 is 0 Å². The van der Waals surface area contributed by atoms with Crippen LogP contribution in [-0.2, 0) is 0 Å². The minimum Gasteiger partial charge on any atom is -0.496 e. The molecule has 78 valence electrons. The highest BCUT2D eigenvalue weighted by molar-refractivity contribution is 9.10. The van der Waals surface area contributed by atoms with Crippen molar-refractivity contribution in [3.8, 4) is 5.75 Å². The van der Waals surface area contributed by atoms with E-state index >= 15 is 0 Å². The maximum Gasteiger partial charge on any atom is 0.180 e. The quantitative estimate of drug-likeness (QED) is 0.862. The molecule has 0 aromatic heterocycles. The normalized spacial score (nSPS) is 9.07. The topological polar surface area (TPSA) is 52.3 Å². The zero-order chi connectivity index (χ0) is 9.84. The van der Waals surface area contributed by atoms with Gasteiger partial charge in [0.1, 0.15) is 5.75 Å². The number of carbonyl (C=O) groups is 1. The number of carbonyl (C=O) groups excluding carboxylic acids is 1. The van der Waals surface area contributed by atoms with Crippen LogP contribution in [0.4, 0.5) is 0 Å². The number of ketones is 1. The van der Waals surface area contributed by atoms with Gasteiger partial charge in [-0.2, -0.15) is 0 Å². The third-order valence-corrected chi connectivity index (χ3v) is 2.14. The predicted octanol–water partition coefficient (Wildman–Crippen LogP) is 2.02. The molecule has 3 nitrogen and oxygen atoms in total. The summed E-state index contributed by atoms with van der Waals surface area (Å²) in [6.07, 6.45) is 0. The van der Waals surface area contributed by atoms with Crippen LogP contribution >= 0.6 is 28.3 Å². The van der Waals surface area contributed by atoms with Crippen LogP contribution in [0.2, 0.25) is 0 Å². The smallest absolute Gasteiger partial charge is 0.180 e. The molecular weight excluding hydrogens is 269 g/mol. The van der Waals surface area contributed by atoms with Crippen LogP contribution in [-0.4, -0.2) is 19.4 Å². The first-order valence-electron chi connectivity index (χ1n) is 3.76. The van der Waals surface area contributed by atoms with Gasteiger partial charge in [0.2, 0.25) is 0 Å². The number of benzene rings is 1. The van der Waals surface area contributed by atoms with E-state index in [1.807, 2.05) is 0 Å². The van der Waals surface area contributed by atoms with Gasteiger partial charge in [0.05, 0.1) is 19.2 Å². The summed E-state index contributed by atoms with van der Waals surface area (Å²) in [4.78, 5) is 11.3. The van der Waals surface area contributed by atoms with Crippen molar-refractivity contribution in [2.45, 2.75) is 0 Å². The van der Waals surface area contributed by atoms with Crippen molar-refractivity contribution in [3.63, 3.8) is 0 Å². The van der Waals surface area contributed by atoms with Gasteiger partial charge < -0.3 is 10.5 Å². The molecule has 14 heavy (non-hydrogen) atoms. The molecule has 0 atom stereocenters. The molecule has 0 radical (unpaired) electrons. The Bertz CT molecular complexity index is 331. The van der Waals surface area contributed by atoms with Gasteiger partial charge in [-0.3, -0.25) is 4.79 Å². The van der Waals surface area contributed by atoms with Crippen molar-refractivity contribution in [1.82, 2.24) is 0 Å². The molecular formula is C9H11BrClNO2. The Labute approximate surface area is 97.2 Å². The summed E-state index contributed by atoms with van der Waals surface area (Å²) >= 11 is 3.29. The molecule has 1 rings (SSSR count). The summed E-state index contributed by atoms with van der Waals surface area (Å²) < 4.78 is 5.92. The highest BCUT2D eigenvalue weighted by Crippen LogP contribution is 2.23. The lowest BCUT2D eigenvalue weighted by Gasteiger charge is -2.06. The Morgan fingerprint density at radius 2 is 2.21 bits per heavy atom. The maximum absolute atomic E-state index is 11.3. The molecule has 0 unspecified atom stereocenters. The molecule has 0 aliphatic rings. The summed E-state index contributed by atoms with van der Waals surface area (Å²) in [5, 5.41) is 0. The Balaban J connectivity index is 0.00000169. The van der Waals surface area contributed by atoms with Crippen LogP contribution in [0.1, 0.15) is 10.4 Å². The number of ether oxygens (including phenoxy) is 1. The molecule has 0 aliphatic heterocycles. The van der Waals surface area contributed by atoms with Crippen molar-refractivity contribution in [3.05, 3.63) is 28.2 Å². The van der Waals surface area contributed by atoms with E-state index in [0.29, 0.717) is 11.3 Å². The molecule has 0 saturated carbocycles. The molecule has 1 aromatic carbocycles. The largest absolute Gasteiger partial charge is 0.496 e. The van der Waals surface area contributed by atoms with E-state index in [9.17, 15) is 4.79 Å². The predicted molar refractivity (Wildman–Crippen MR) is 61.3 cm³/mol. The van der Waals surface area contributed by atoms with Gasteiger partial charge in [-0.15, -0.1) is 12.4 Å². The summed E-state index contributed by atoms with van der Waals surface area (Å²) in [5.74, 6) is 0.425. The van der Waals surface area contributed by atoms with Gasteiger partial charge in [0.25, 0.3) is 0 Å². The fourth-order valence-corrected chi connectivity index (χ4v) is 1.35. The van der Waals surface area contributed by atoms with Crippen LogP contribution in [0.5, 0.6) is 5.75 Å². The zero-order valence-electron chi connectivity index (χ0n) is 7.62.